The maximum absolute atomic E-state index is 9.78. The summed E-state index contributed by atoms with van der Waals surface area (Å²) in [4.78, 5) is 14.5. The minimum atomic E-state index is 0.288. The molecule has 0 aliphatic rings. The zero-order valence-corrected chi connectivity index (χ0v) is 7.19. The lowest BCUT2D eigenvalue weighted by molar-refractivity contribution is 0.0692. The van der Waals surface area contributed by atoms with Crippen LogP contribution in [0.25, 0.3) is 11.0 Å². The smallest absolute Gasteiger partial charge is 0.335 e. The summed E-state index contributed by atoms with van der Waals surface area (Å²) in [7, 11) is 0. The summed E-state index contributed by atoms with van der Waals surface area (Å²) in [5.74, 6) is 0. The van der Waals surface area contributed by atoms with E-state index in [1.165, 1.54) is 6.41 Å². The number of benzene rings is 1. The van der Waals surface area contributed by atoms with Crippen molar-refractivity contribution in [2.24, 2.45) is 0 Å². The van der Waals surface area contributed by atoms with Gasteiger partial charge in [0, 0.05) is 5.39 Å². The highest BCUT2D eigenvalue weighted by Crippen LogP contribution is 2.15. The van der Waals surface area contributed by atoms with E-state index in [0.29, 0.717) is 0 Å². The molecule has 0 bridgehead atoms. The second-order valence-corrected chi connectivity index (χ2v) is 2.69. The van der Waals surface area contributed by atoms with Crippen LogP contribution in [-0.4, -0.2) is 11.6 Å². The second kappa shape index (κ2) is 3.89. The van der Waals surface area contributed by atoms with Gasteiger partial charge >= 0.3 is 6.41 Å². The van der Waals surface area contributed by atoms with Crippen molar-refractivity contribution in [3.8, 4) is 0 Å². The molecule has 1 amide bonds. The van der Waals surface area contributed by atoms with E-state index in [2.05, 4.69) is 5.16 Å². The van der Waals surface area contributed by atoms with Crippen molar-refractivity contribution in [3.63, 3.8) is 0 Å². The zero-order chi connectivity index (χ0) is 9.80. The van der Waals surface area contributed by atoms with Gasteiger partial charge < -0.3 is 4.52 Å². The van der Waals surface area contributed by atoms with E-state index in [0.717, 1.165) is 16.5 Å². The van der Waals surface area contributed by atoms with E-state index >= 15 is 0 Å². The third-order valence-corrected chi connectivity index (χ3v) is 1.77. The molecule has 0 unspecified atom stereocenters. The zero-order valence-electron chi connectivity index (χ0n) is 7.19. The molecular weight excluding hydrogens is 184 g/mol. The van der Waals surface area contributed by atoms with Gasteiger partial charge in [0.15, 0.2) is 5.58 Å². The molecule has 0 aliphatic heterocycles. The average Bonchev–Trinajstić information content (AvgIpc) is 2.65. The van der Waals surface area contributed by atoms with Crippen LogP contribution in [-0.2, 0) is 16.2 Å². The molecule has 1 N–H and O–H groups in total. The third-order valence-electron chi connectivity index (χ3n) is 1.77. The Bertz CT molecular complexity index is 438. The summed E-state index contributed by atoms with van der Waals surface area (Å²) in [5, 5.41) is 4.55. The Morgan fingerprint density at radius 3 is 3.36 bits per heavy atom. The van der Waals surface area contributed by atoms with Crippen LogP contribution in [0.3, 0.4) is 0 Å². The van der Waals surface area contributed by atoms with Gasteiger partial charge in [0.2, 0.25) is 0 Å². The fourth-order valence-corrected chi connectivity index (χ4v) is 1.16. The molecule has 0 saturated heterocycles. The van der Waals surface area contributed by atoms with Crippen LogP contribution in [0.4, 0.5) is 0 Å². The number of rotatable bonds is 4. The Morgan fingerprint density at radius 2 is 2.50 bits per heavy atom. The van der Waals surface area contributed by atoms with Gasteiger partial charge in [0.05, 0.1) is 12.8 Å². The van der Waals surface area contributed by atoms with Crippen molar-refractivity contribution in [2.45, 2.75) is 6.61 Å². The molecule has 2 rings (SSSR count). The van der Waals surface area contributed by atoms with Crippen molar-refractivity contribution in [3.05, 3.63) is 30.0 Å². The van der Waals surface area contributed by atoms with E-state index < -0.39 is 0 Å². The molecule has 14 heavy (non-hydrogen) atoms. The fourth-order valence-electron chi connectivity index (χ4n) is 1.16. The Morgan fingerprint density at radius 1 is 1.57 bits per heavy atom. The molecule has 1 aromatic carbocycles. The minimum Gasteiger partial charge on any atom is -0.356 e. The van der Waals surface area contributed by atoms with Gasteiger partial charge in [-0.15, -0.1) is 0 Å². The fraction of sp³-hybridized carbons (Fsp3) is 0.111. The molecule has 5 heteroatoms. The number of hydroxylamine groups is 1. The average molecular weight is 191 g/mol. The van der Waals surface area contributed by atoms with Crippen molar-refractivity contribution in [1.82, 2.24) is 10.6 Å². The molecule has 0 saturated carbocycles. The molecule has 1 heterocycles. The second-order valence-electron chi connectivity index (χ2n) is 2.69. The van der Waals surface area contributed by atoms with Crippen molar-refractivity contribution in [2.75, 3.05) is 0 Å². The lowest BCUT2D eigenvalue weighted by Gasteiger charge is -1.99. The highest BCUT2D eigenvalue weighted by molar-refractivity contribution is 5.76. The first-order valence-electron chi connectivity index (χ1n) is 3.97. The normalized spacial score (nSPS) is 10.3. The summed E-state index contributed by atoms with van der Waals surface area (Å²) in [6, 6.07) is 5.50. The lowest BCUT2D eigenvalue weighted by atomic mass is 10.2. The maximum Gasteiger partial charge on any atom is 0.335 e. The first-order valence-corrected chi connectivity index (χ1v) is 3.97. The summed E-state index contributed by atoms with van der Waals surface area (Å²) < 4.78 is 4.93. The van der Waals surface area contributed by atoms with Gasteiger partial charge in [-0.3, -0.25) is 9.63 Å². The van der Waals surface area contributed by atoms with Crippen LogP contribution in [0.5, 0.6) is 0 Å². The van der Waals surface area contributed by atoms with Crippen molar-refractivity contribution >= 4 is 17.4 Å². The van der Waals surface area contributed by atoms with E-state index in [-0.39, 0.29) is 6.61 Å². The maximum atomic E-state index is 9.78. The number of aromatic nitrogens is 1. The molecule has 0 fully saturated rings. The van der Waals surface area contributed by atoms with Crippen molar-refractivity contribution < 1.29 is 14.2 Å². The van der Waals surface area contributed by atoms with E-state index in [4.69, 9.17) is 9.36 Å². The van der Waals surface area contributed by atoms with E-state index in [9.17, 15) is 4.79 Å². The Balaban J connectivity index is 2.13. The molecule has 71 valence electrons. The first-order chi connectivity index (χ1) is 6.90. The lowest BCUT2D eigenvalue weighted by Crippen LogP contribution is -2.10. The molecule has 1 radical (unpaired) electrons. The molecule has 1 aromatic heterocycles. The molecule has 0 spiro atoms. The topological polar surface area (TPSA) is 64.4 Å². The number of nitrogens with zero attached hydrogens (tertiary/aromatic N) is 1. The quantitative estimate of drug-likeness (QED) is 0.443. The van der Waals surface area contributed by atoms with Crippen LogP contribution in [0.2, 0.25) is 0 Å². The number of hydrogen-bond donors (Lipinski definition) is 1. The van der Waals surface area contributed by atoms with E-state index in [1.807, 2.05) is 17.6 Å². The van der Waals surface area contributed by atoms with Gasteiger partial charge in [-0.25, -0.2) is 5.48 Å². The molecule has 0 atom stereocenters. The van der Waals surface area contributed by atoms with Crippen molar-refractivity contribution in [1.29, 1.82) is 0 Å². The number of carbonyl (C=O) groups excluding carboxylic acids is 1. The van der Waals surface area contributed by atoms with Crippen LogP contribution in [0.1, 0.15) is 5.56 Å². The highest BCUT2D eigenvalue weighted by atomic mass is 16.6. The first kappa shape index (κ1) is 8.71. The number of hydrogen-bond acceptors (Lipinski definition) is 4. The Labute approximate surface area is 79.6 Å². The molecule has 5 nitrogen and oxygen atoms in total. The van der Waals surface area contributed by atoms with Gasteiger partial charge in [-0.05, 0) is 17.7 Å². The van der Waals surface area contributed by atoms with Crippen LogP contribution in [0, 0.1) is 0 Å². The molecule has 2 aromatic rings. The van der Waals surface area contributed by atoms with Gasteiger partial charge in [-0.2, -0.15) is 0 Å². The summed E-state index contributed by atoms with van der Waals surface area (Å²) in [6.45, 7) is 0.288. The SMILES string of the molecule is O=[C]NOCc1ccc2oncc2c1. The third kappa shape index (κ3) is 1.72. The van der Waals surface area contributed by atoms with E-state index in [1.54, 1.807) is 12.3 Å². The Hall–Kier alpha value is -1.88. The van der Waals surface area contributed by atoms with Gasteiger partial charge in [-0.1, -0.05) is 11.2 Å². The van der Waals surface area contributed by atoms with Gasteiger partial charge in [0.25, 0.3) is 0 Å². The minimum absolute atomic E-state index is 0.288. The standard InChI is InChI=1S/C9H7N2O3/c12-6-11-13-5-7-1-2-9-8(3-7)4-10-14-9/h1-4H,5H2,(H,11,12). The number of amides is 1. The molecular formula is C9H7N2O3. The number of nitrogens with one attached hydrogen (secondary N) is 1. The molecule has 0 aliphatic carbocycles. The summed E-state index contributed by atoms with van der Waals surface area (Å²) in [5.41, 5.74) is 3.64. The van der Waals surface area contributed by atoms with Crippen LogP contribution < -0.4 is 5.48 Å². The predicted molar refractivity (Wildman–Crippen MR) is 47.6 cm³/mol. The predicted octanol–water partition coefficient (Wildman–Crippen LogP) is 0.916. The summed E-state index contributed by atoms with van der Waals surface area (Å²) >= 11 is 0. The largest absolute Gasteiger partial charge is 0.356 e. The Kier molecular flexibility index (Phi) is 2.42. The van der Waals surface area contributed by atoms with Crippen LogP contribution in [0.15, 0.2) is 28.9 Å². The highest BCUT2D eigenvalue weighted by Gasteiger charge is 1.99. The number of fused-ring (bicyclic) bond motifs is 1. The summed E-state index contributed by atoms with van der Waals surface area (Å²) in [6.07, 6.45) is 3.04. The van der Waals surface area contributed by atoms with Gasteiger partial charge in [0.1, 0.15) is 0 Å². The van der Waals surface area contributed by atoms with Crippen LogP contribution >= 0.6 is 0 Å². The monoisotopic (exact) mass is 191 g/mol.